The van der Waals surface area contributed by atoms with Gasteiger partial charge < -0.3 is 15.2 Å². The first kappa shape index (κ1) is 14.5. The first-order chi connectivity index (χ1) is 9.06. The molecule has 3 atom stereocenters. The maximum atomic E-state index is 11.4. The zero-order valence-electron chi connectivity index (χ0n) is 11.6. The first-order valence-electron chi connectivity index (χ1n) is 6.55. The monoisotopic (exact) mass is 283 g/mol. The van der Waals surface area contributed by atoms with Gasteiger partial charge in [0, 0.05) is 23.3 Å². The van der Waals surface area contributed by atoms with Crippen LogP contribution in [0, 0.1) is 0 Å². The van der Waals surface area contributed by atoms with Gasteiger partial charge in [0.25, 0.3) is 0 Å². The van der Waals surface area contributed by atoms with E-state index in [-0.39, 0.29) is 12.1 Å². The molecule has 2 rings (SSSR count). The van der Waals surface area contributed by atoms with Gasteiger partial charge in [0.1, 0.15) is 6.04 Å². The Morgan fingerprint density at radius 1 is 1.53 bits per heavy atom. The molecule has 1 heterocycles. The molecule has 0 radical (unpaired) electrons. The Bertz CT molecular complexity index is 458. The number of esters is 1. The minimum absolute atomic E-state index is 0.186. The smallest absolute Gasteiger partial charge is 0.323 e. The minimum Gasteiger partial charge on any atom is -0.468 e. The van der Waals surface area contributed by atoms with Crippen molar-refractivity contribution in [3.05, 3.63) is 21.4 Å². The lowest BCUT2D eigenvalue weighted by molar-refractivity contribution is -0.142. The molecule has 0 saturated heterocycles. The second kappa shape index (κ2) is 6.03. The Kier molecular flexibility index (Phi) is 4.60. The van der Waals surface area contributed by atoms with Crippen molar-refractivity contribution in [3.8, 4) is 0 Å². The van der Waals surface area contributed by atoms with Crippen LogP contribution in [0.25, 0.3) is 0 Å². The maximum Gasteiger partial charge on any atom is 0.323 e. The van der Waals surface area contributed by atoms with Crippen molar-refractivity contribution in [2.24, 2.45) is 5.73 Å². The van der Waals surface area contributed by atoms with E-state index in [9.17, 15) is 4.79 Å². The van der Waals surface area contributed by atoms with Crippen LogP contribution in [0.2, 0.25) is 0 Å². The Balaban J connectivity index is 2.18. The number of rotatable bonds is 4. The number of methoxy groups -OCH3 is 2. The van der Waals surface area contributed by atoms with Crippen LogP contribution < -0.4 is 5.73 Å². The van der Waals surface area contributed by atoms with Gasteiger partial charge >= 0.3 is 5.97 Å². The number of fused-ring (bicyclic) bond motifs is 1. The molecule has 0 aromatic carbocycles. The highest BCUT2D eigenvalue weighted by Crippen LogP contribution is 2.43. The normalized spacial score (nSPS) is 23.8. The predicted octanol–water partition coefficient (Wildman–Crippen LogP) is 2.38. The highest BCUT2D eigenvalue weighted by molar-refractivity contribution is 7.12. The van der Waals surface area contributed by atoms with Crippen molar-refractivity contribution in [2.45, 2.75) is 44.2 Å². The second-order valence-electron chi connectivity index (χ2n) is 5.07. The Morgan fingerprint density at radius 2 is 2.26 bits per heavy atom. The summed E-state index contributed by atoms with van der Waals surface area (Å²) in [6.07, 6.45) is 2.93. The molecule has 0 spiro atoms. The van der Waals surface area contributed by atoms with Gasteiger partial charge in [-0.15, -0.1) is 11.3 Å². The lowest BCUT2D eigenvalue weighted by Gasteiger charge is -2.25. The van der Waals surface area contributed by atoms with Gasteiger partial charge in [0.05, 0.1) is 13.2 Å². The second-order valence-corrected chi connectivity index (χ2v) is 6.24. The summed E-state index contributed by atoms with van der Waals surface area (Å²) in [6.45, 7) is 2.24. The fourth-order valence-corrected chi connectivity index (χ4v) is 3.95. The van der Waals surface area contributed by atoms with Crippen molar-refractivity contribution in [1.82, 2.24) is 0 Å². The van der Waals surface area contributed by atoms with E-state index < -0.39 is 6.04 Å². The van der Waals surface area contributed by atoms with E-state index in [1.54, 1.807) is 18.4 Å². The molecule has 4 nitrogen and oxygen atoms in total. The predicted molar refractivity (Wildman–Crippen MR) is 75.4 cm³/mol. The summed E-state index contributed by atoms with van der Waals surface area (Å²) in [5.74, 6) is 0.206. The minimum atomic E-state index is -0.582. The van der Waals surface area contributed by atoms with Crippen molar-refractivity contribution < 1.29 is 14.3 Å². The number of hydrogen-bond donors (Lipinski definition) is 1. The van der Waals surface area contributed by atoms with E-state index in [1.165, 1.54) is 17.6 Å². The molecule has 1 aliphatic rings. The molecule has 1 aromatic heterocycles. The van der Waals surface area contributed by atoms with E-state index in [0.717, 1.165) is 17.7 Å². The number of carbonyl (C=O) groups excluding carboxylic acids is 1. The van der Waals surface area contributed by atoms with Gasteiger partial charge in [-0.3, -0.25) is 4.79 Å². The van der Waals surface area contributed by atoms with Crippen LogP contribution in [0.4, 0.5) is 0 Å². The number of thiophene rings is 1. The van der Waals surface area contributed by atoms with Gasteiger partial charge in [-0.25, -0.2) is 0 Å². The van der Waals surface area contributed by atoms with Crippen LogP contribution in [0.1, 0.15) is 47.1 Å². The van der Waals surface area contributed by atoms with Crippen LogP contribution in [0.5, 0.6) is 0 Å². The Morgan fingerprint density at radius 3 is 2.89 bits per heavy atom. The van der Waals surface area contributed by atoms with E-state index in [2.05, 4.69) is 17.7 Å². The molecule has 1 aliphatic carbocycles. The van der Waals surface area contributed by atoms with Crippen molar-refractivity contribution >= 4 is 17.3 Å². The topological polar surface area (TPSA) is 61.5 Å². The van der Waals surface area contributed by atoms with Gasteiger partial charge in [-0.1, -0.05) is 6.92 Å². The average Bonchev–Trinajstić information content (AvgIpc) is 2.82. The first-order valence-corrected chi connectivity index (χ1v) is 7.37. The molecule has 5 heteroatoms. The molecule has 19 heavy (non-hydrogen) atoms. The van der Waals surface area contributed by atoms with Gasteiger partial charge in [0.15, 0.2) is 0 Å². The average molecular weight is 283 g/mol. The summed E-state index contributed by atoms with van der Waals surface area (Å²) in [5.41, 5.74) is 7.10. The summed E-state index contributed by atoms with van der Waals surface area (Å²) in [6, 6.07) is 1.56. The van der Waals surface area contributed by atoms with Crippen molar-refractivity contribution in [1.29, 1.82) is 0 Å². The van der Waals surface area contributed by atoms with Crippen LogP contribution in [0.3, 0.4) is 0 Å². The maximum absolute atomic E-state index is 11.4. The molecule has 0 fully saturated rings. The number of carbonyl (C=O) groups is 1. The van der Waals surface area contributed by atoms with E-state index in [0.29, 0.717) is 12.3 Å². The van der Waals surface area contributed by atoms with Crippen LogP contribution in [-0.2, 0) is 20.7 Å². The fraction of sp³-hybridized carbons (Fsp3) is 0.643. The van der Waals surface area contributed by atoms with Crippen molar-refractivity contribution in [2.75, 3.05) is 14.2 Å². The summed E-state index contributed by atoms with van der Waals surface area (Å²) in [4.78, 5) is 13.9. The van der Waals surface area contributed by atoms with Crippen LogP contribution in [-0.4, -0.2) is 26.2 Å². The zero-order valence-corrected chi connectivity index (χ0v) is 12.5. The number of ether oxygens (including phenoxy) is 2. The van der Waals surface area contributed by atoms with E-state index in [1.807, 2.05) is 0 Å². The molecule has 0 bridgehead atoms. The summed E-state index contributed by atoms with van der Waals surface area (Å²) < 4.78 is 10.2. The molecule has 0 saturated carbocycles. The number of nitrogens with two attached hydrogens (primary N) is 1. The highest BCUT2D eigenvalue weighted by Gasteiger charge is 2.28. The van der Waals surface area contributed by atoms with Crippen LogP contribution in [0.15, 0.2) is 6.07 Å². The largest absolute Gasteiger partial charge is 0.468 e. The molecule has 1 aromatic rings. The molecular formula is C14H21NO3S. The molecule has 106 valence electrons. The van der Waals surface area contributed by atoms with E-state index >= 15 is 0 Å². The van der Waals surface area contributed by atoms with Crippen molar-refractivity contribution in [3.63, 3.8) is 0 Å². The number of hydrogen-bond acceptors (Lipinski definition) is 5. The molecule has 3 unspecified atom stereocenters. The molecule has 0 aliphatic heterocycles. The molecular weight excluding hydrogens is 262 g/mol. The lowest BCUT2D eigenvalue weighted by atomic mass is 9.88. The summed E-state index contributed by atoms with van der Waals surface area (Å²) in [5, 5.41) is 0. The van der Waals surface area contributed by atoms with Gasteiger partial charge in [-0.2, -0.15) is 0 Å². The molecule has 0 amide bonds. The van der Waals surface area contributed by atoms with Gasteiger partial charge in [0.2, 0.25) is 0 Å². The third-order valence-electron chi connectivity index (χ3n) is 3.71. The molecule has 2 N–H and O–H groups in total. The Hall–Kier alpha value is -0.910. The zero-order chi connectivity index (χ0) is 14.0. The third-order valence-corrected chi connectivity index (χ3v) is 5.11. The standard InChI is InChI=1S/C14H21NO3S/c1-8-4-5-12(17-2)10-6-9(19-13(8)10)7-11(15)14(16)18-3/h6,8,11-12H,4-5,7,15H2,1-3H3. The van der Waals surface area contributed by atoms with E-state index in [4.69, 9.17) is 10.5 Å². The quantitative estimate of drug-likeness (QED) is 0.862. The summed E-state index contributed by atoms with van der Waals surface area (Å²) in [7, 11) is 3.12. The summed E-state index contributed by atoms with van der Waals surface area (Å²) >= 11 is 1.75. The SMILES string of the molecule is COC(=O)C(N)Cc1cc2c(s1)C(C)CCC2OC. The third kappa shape index (κ3) is 2.99. The lowest BCUT2D eigenvalue weighted by Crippen LogP contribution is -2.33. The highest BCUT2D eigenvalue weighted by atomic mass is 32.1. The van der Waals surface area contributed by atoms with Crippen LogP contribution >= 0.6 is 11.3 Å². The fourth-order valence-electron chi connectivity index (χ4n) is 2.60. The Labute approximate surface area is 117 Å². The van der Waals surface area contributed by atoms with Gasteiger partial charge in [-0.05, 0) is 30.4 Å².